The largest absolute Gasteiger partial charge is 0.352 e. The summed E-state index contributed by atoms with van der Waals surface area (Å²) in [5, 5.41) is 3.77. The number of hydrogen-bond acceptors (Lipinski definition) is 2. The zero-order chi connectivity index (χ0) is 21.6. The summed E-state index contributed by atoms with van der Waals surface area (Å²) in [5.41, 5.74) is 3.10. The minimum atomic E-state index is -0.600. The summed E-state index contributed by atoms with van der Waals surface area (Å²) < 4.78 is 0. The van der Waals surface area contributed by atoms with Crippen molar-refractivity contribution in [3.05, 3.63) is 69.2 Å². The Hall–Kier alpha value is -2.04. The molecule has 0 aromatic heterocycles. The molecule has 2 amide bonds. The Bertz CT molecular complexity index is 850. The van der Waals surface area contributed by atoms with Gasteiger partial charge >= 0.3 is 0 Å². The van der Waals surface area contributed by atoms with Gasteiger partial charge in [-0.1, -0.05) is 59.1 Å². The maximum absolute atomic E-state index is 13.1. The molecule has 0 saturated carbocycles. The van der Waals surface area contributed by atoms with Gasteiger partial charge in [0.05, 0.1) is 10.0 Å². The highest BCUT2D eigenvalue weighted by Crippen LogP contribution is 2.24. The first-order valence-corrected chi connectivity index (χ1v) is 10.5. The summed E-state index contributed by atoms with van der Waals surface area (Å²) in [7, 11) is 0. The van der Waals surface area contributed by atoms with Gasteiger partial charge in [0, 0.05) is 19.0 Å². The van der Waals surface area contributed by atoms with Crippen molar-refractivity contribution >= 4 is 35.0 Å². The fraction of sp³-hybridized carbons (Fsp3) is 0.391. The lowest BCUT2D eigenvalue weighted by molar-refractivity contribution is -0.140. The van der Waals surface area contributed by atoms with Gasteiger partial charge in [-0.2, -0.15) is 0 Å². The third-order valence-corrected chi connectivity index (χ3v) is 5.42. The zero-order valence-corrected chi connectivity index (χ0v) is 18.8. The lowest BCUT2D eigenvalue weighted by atomic mass is 10.1. The molecule has 1 atom stereocenters. The Morgan fingerprint density at radius 2 is 1.59 bits per heavy atom. The van der Waals surface area contributed by atoms with E-state index in [4.69, 9.17) is 23.2 Å². The minimum Gasteiger partial charge on any atom is -0.352 e. The Labute approximate surface area is 183 Å². The van der Waals surface area contributed by atoms with E-state index in [0.717, 1.165) is 11.1 Å². The SMILES string of the molecule is Cc1ccc(CCC(=O)N(Cc2ccc(Cl)c(Cl)c2)C(C)C(=O)NC(C)C)cc1. The molecule has 4 nitrogen and oxygen atoms in total. The molecule has 0 spiro atoms. The van der Waals surface area contributed by atoms with Crippen molar-refractivity contribution in [2.75, 3.05) is 0 Å². The number of carbonyl (C=O) groups is 2. The van der Waals surface area contributed by atoms with Crippen molar-refractivity contribution in [1.29, 1.82) is 0 Å². The molecule has 6 heteroatoms. The summed E-state index contributed by atoms with van der Waals surface area (Å²) in [6, 6.07) is 12.8. The molecular weight excluding hydrogens is 407 g/mol. The molecule has 0 aliphatic heterocycles. The number of benzene rings is 2. The van der Waals surface area contributed by atoms with Gasteiger partial charge in [0.15, 0.2) is 0 Å². The fourth-order valence-corrected chi connectivity index (χ4v) is 3.29. The molecule has 2 aromatic rings. The van der Waals surface area contributed by atoms with Crippen LogP contribution in [0, 0.1) is 6.92 Å². The Balaban J connectivity index is 2.17. The van der Waals surface area contributed by atoms with Crippen molar-refractivity contribution in [2.24, 2.45) is 0 Å². The normalized spacial score (nSPS) is 12.0. The maximum Gasteiger partial charge on any atom is 0.242 e. The van der Waals surface area contributed by atoms with Crippen LogP contribution in [0.4, 0.5) is 0 Å². The quantitative estimate of drug-likeness (QED) is 0.622. The van der Waals surface area contributed by atoms with Crippen LogP contribution in [-0.2, 0) is 22.6 Å². The number of halogens is 2. The van der Waals surface area contributed by atoms with E-state index < -0.39 is 6.04 Å². The third kappa shape index (κ3) is 7.06. The highest BCUT2D eigenvalue weighted by atomic mass is 35.5. The first kappa shape index (κ1) is 23.2. The average molecular weight is 435 g/mol. The molecule has 0 fully saturated rings. The van der Waals surface area contributed by atoms with Crippen molar-refractivity contribution in [2.45, 2.75) is 59.2 Å². The second-order valence-corrected chi connectivity index (χ2v) is 8.41. The van der Waals surface area contributed by atoms with E-state index >= 15 is 0 Å². The maximum atomic E-state index is 13.1. The molecule has 156 valence electrons. The Morgan fingerprint density at radius 1 is 0.966 bits per heavy atom. The van der Waals surface area contributed by atoms with Crippen LogP contribution in [0.5, 0.6) is 0 Å². The number of nitrogens with zero attached hydrogens (tertiary/aromatic N) is 1. The summed E-state index contributed by atoms with van der Waals surface area (Å²) in [6.45, 7) is 7.86. The Morgan fingerprint density at radius 3 is 2.17 bits per heavy atom. The summed E-state index contributed by atoms with van der Waals surface area (Å²) >= 11 is 12.1. The van der Waals surface area contributed by atoms with Gasteiger partial charge in [-0.05, 0) is 57.4 Å². The van der Waals surface area contributed by atoms with Crippen LogP contribution in [0.15, 0.2) is 42.5 Å². The first-order valence-electron chi connectivity index (χ1n) is 9.76. The lowest BCUT2D eigenvalue weighted by Gasteiger charge is -2.29. The van der Waals surface area contributed by atoms with E-state index in [-0.39, 0.29) is 24.4 Å². The number of rotatable bonds is 8. The molecule has 0 aliphatic rings. The molecule has 0 bridgehead atoms. The van der Waals surface area contributed by atoms with Crippen molar-refractivity contribution in [1.82, 2.24) is 10.2 Å². The number of aryl methyl sites for hydroxylation is 2. The van der Waals surface area contributed by atoms with E-state index in [9.17, 15) is 9.59 Å². The van der Waals surface area contributed by atoms with Crippen molar-refractivity contribution < 1.29 is 9.59 Å². The van der Waals surface area contributed by atoms with Crippen LogP contribution in [0.1, 0.15) is 43.9 Å². The van der Waals surface area contributed by atoms with Gasteiger partial charge in [0.25, 0.3) is 0 Å². The molecular formula is C23H28Cl2N2O2. The van der Waals surface area contributed by atoms with Crippen LogP contribution in [0.3, 0.4) is 0 Å². The number of hydrogen-bond donors (Lipinski definition) is 1. The lowest BCUT2D eigenvalue weighted by Crippen LogP contribution is -2.49. The van der Waals surface area contributed by atoms with E-state index in [2.05, 4.69) is 5.32 Å². The summed E-state index contributed by atoms with van der Waals surface area (Å²) in [5.74, 6) is -0.258. The molecule has 0 heterocycles. The van der Waals surface area contributed by atoms with Crippen LogP contribution in [0.2, 0.25) is 10.0 Å². The first-order chi connectivity index (χ1) is 13.7. The average Bonchev–Trinajstić information content (AvgIpc) is 2.67. The standard InChI is InChI=1S/C23H28Cl2N2O2/c1-15(2)26-23(29)17(4)27(14-19-9-11-20(24)21(25)13-19)22(28)12-10-18-7-5-16(3)6-8-18/h5-9,11,13,15,17H,10,12,14H2,1-4H3,(H,26,29). The molecule has 0 radical (unpaired) electrons. The van der Waals surface area contributed by atoms with E-state index in [1.165, 1.54) is 5.56 Å². The molecule has 0 aliphatic carbocycles. The second-order valence-electron chi connectivity index (χ2n) is 7.59. The number of nitrogens with one attached hydrogen (secondary N) is 1. The molecule has 0 saturated heterocycles. The fourth-order valence-electron chi connectivity index (χ4n) is 2.97. The molecule has 2 rings (SSSR count). The van der Waals surface area contributed by atoms with Crippen molar-refractivity contribution in [3.8, 4) is 0 Å². The summed E-state index contributed by atoms with van der Waals surface area (Å²) in [6.07, 6.45) is 0.944. The zero-order valence-electron chi connectivity index (χ0n) is 17.3. The van der Waals surface area contributed by atoms with Crippen LogP contribution in [0.25, 0.3) is 0 Å². The highest BCUT2D eigenvalue weighted by Gasteiger charge is 2.26. The number of amides is 2. The van der Waals surface area contributed by atoms with Crippen LogP contribution < -0.4 is 5.32 Å². The van der Waals surface area contributed by atoms with Crippen LogP contribution in [-0.4, -0.2) is 28.8 Å². The summed E-state index contributed by atoms with van der Waals surface area (Å²) in [4.78, 5) is 27.2. The van der Waals surface area contributed by atoms with Crippen molar-refractivity contribution in [3.63, 3.8) is 0 Å². The van der Waals surface area contributed by atoms with Gasteiger partial charge in [-0.25, -0.2) is 0 Å². The minimum absolute atomic E-state index is 0.000521. The van der Waals surface area contributed by atoms with Gasteiger partial charge in [0.1, 0.15) is 6.04 Å². The van der Waals surface area contributed by atoms with E-state index in [1.54, 1.807) is 24.0 Å². The predicted molar refractivity (Wildman–Crippen MR) is 119 cm³/mol. The van der Waals surface area contributed by atoms with Gasteiger partial charge in [-0.3, -0.25) is 9.59 Å². The van der Waals surface area contributed by atoms with E-state index in [1.807, 2.05) is 51.1 Å². The molecule has 2 aromatic carbocycles. The van der Waals surface area contributed by atoms with Gasteiger partial charge in [-0.15, -0.1) is 0 Å². The molecule has 1 N–H and O–H groups in total. The molecule has 29 heavy (non-hydrogen) atoms. The monoisotopic (exact) mass is 434 g/mol. The molecule has 1 unspecified atom stereocenters. The topological polar surface area (TPSA) is 49.4 Å². The highest BCUT2D eigenvalue weighted by molar-refractivity contribution is 6.42. The van der Waals surface area contributed by atoms with Gasteiger partial charge in [0.2, 0.25) is 11.8 Å². The number of carbonyl (C=O) groups excluding carboxylic acids is 2. The van der Waals surface area contributed by atoms with E-state index in [0.29, 0.717) is 22.9 Å². The third-order valence-electron chi connectivity index (χ3n) is 4.68. The smallest absolute Gasteiger partial charge is 0.242 e. The van der Waals surface area contributed by atoms with Gasteiger partial charge < -0.3 is 10.2 Å². The van der Waals surface area contributed by atoms with Crippen LogP contribution >= 0.6 is 23.2 Å². The predicted octanol–water partition coefficient (Wildman–Crippen LogP) is 5.18. The Kier molecular flexibility index (Phi) is 8.54. The second kappa shape index (κ2) is 10.7.